The number of carbonyl (C=O) groups excluding carboxylic acids is 1. The first-order chi connectivity index (χ1) is 10.3. The van der Waals surface area contributed by atoms with Crippen molar-refractivity contribution in [3.63, 3.8) is 0 Å². The highest BCUT2D eigenvalue weighted by Gasteiger charge is 2.27. The maximum absolute atomic E-state index is 13.2. The van der Waals surface area contributed by atoms with Crippen LogP contribution in [0.1, 0.15) is 13.8 Å². The van der Waals surface area contributed by atoms with Crippen molar-refractivity contribution in [3.8, 4) is 5.75 Å². The van der Waals surface area contributed by atoms with Gasteiger partial charge in [0.25, 0.3) is 0 Å². The molecule has 0 bridgehead atoms. The zero-order valence-corrected chi connectivity index (χ0v) is 11.5. The van der Waals surface area contributed by atoms with Gasteiger partial charge in [-0.3, -0.25) is 0 Å². The van der Waals surface area contributed by atoms with E-state index in [-0.39, 0.29) is 6.10 Å². The van der Waals surface area contributed by atoms with Gasteiger partial charge in [-0.15, -0.1) is 0 Å². The fourth-order valence-corrected chi connectivity index (χ4v) is 1.21. The molecular weight excluding hydrogens is 315 g/mol. The highest BCUT2D eigenvalue weighted by atomic mass is 19.2. The lowest BCUT2D eigenvalue weighted by molar-refractivity contribution is -0.200. The molecule has 0 spiro atoms. The molecule has 0 atom stereocenters. The molecule has 0 heterocycles. The Morgan fingerprint density at radius 2 is 1.50 bits per heavy atom. The third-order valence-corrected chi connectivity index (χ3v) is 2.08. The van der Waals surface area contributed by atoms with E-state index >= 15 is 0 Å². The Hall–Kier alpha value is -2.16. The van der Waals surface area contributed by atoms with Crippen molar-refractivity contribution >= 4 is 5.97 Å². The molecule has 0 saturated heterocycles. The van der Waals surface area contributed by atoms with Crippen LogP contribution >= 0.6 is 0 Å². The molecule has 0 saturated carbocycles. The molecule has 122 valence electrons. The molecule has 1 aromatic carbocycles. The fourth-order valence-electron chi connectivity index (χ4n) is 1.21. The fraction of sp³-hybridized carbons (Fsp3) is 0.308. The van der Waals surface area contributed by atoms with Gasteiger partial charge in [-0.25, -0.2) is 18.0 Å². The molecule has 0 aliphatic carbocycles. The normalized spacial score (nSPS) is 11.3. The quantitative estimate of drug-likeness (QED) is 0.118. The average molecular weight is 326 g/mol. The summed E-state index contributed by atoms with van der Waals surface area (Å²) < 4.78 is 69.5. The van der Waals surface area contributed by atoms with Crippen LogP contribution in [0.25, 0.3) is 0 Å². The predicted octanol–water partition coefficient (Wildman–Crippen LogP) is 3.20. The molecule has 0 aliphatic rings. The number of ether oxygens (including phenoxy) is 1. The van der Waals surface area contributed by atoms with Crippen molar-refractivity contribution in [3.05, 3.63) is 41.2 Å². The summed E-state index contributed by atoms with van der Waals surface area (Å²) in [6.07, 6.45) is 1.67. The van der Waals surface area contributed by atoms with Crippen molar-refractivity contribution in [2.75, 3.05) is 6.61 Å². The van der Waals surface area contributed by atoms with Crippen molar-refractivity contribution in [2.45, 2.75) is 20.0 Å². The van der Waals surface area contributed by atoms with Crippen LogP contribution in [-0.2, 0) is 14.4 Å². The second-order valence-electron chi connectivity index (χ2n) is 4.15. The van der Waals surface area contributed by atoms with Crippen LogP contribution in [0.2, 0.25) is 0 Å². The lowest BCUT2D eigenvalue weighted by atomic mass is 10.3. The first kappa shape index (κ1) is 17.9. The molecule has 22 heavy (non-hydrogen) atoms. The first-order valence-electron chi connectivity index (χ1n) is 5.93. The SMILES string of the molecule is CC(C)OC(=O)C=CCOOc1c(F)c(F)c(F)c(F)c1F. The van der Waals surface area contributed by atoms with Crippen molar-refractivity contribution in [2.24, 2.45) is 0 Å². The summed E-state index contributed by atoms with van der Waals surface area (Å²) in [6.45, 7) is 2.75. The number of hydrogen-bond acceptors (Lipinski definition) is 4. The van der Waals surface area contributed by atoms with Crippen LogP contribution in [0.5, 0.6) is 5.75 Å². The van der Waals surface area contributed by atoms with Gasteiger partial charge < -0.3 is 9.62 Å². The van der Waals surface area contributed by atoms with Crippen LogP contribution in [0.3, 0.4) is 0 Å². The molecule has 1 aromatic rings. The lowest BCUT2D eigenvalue weighted by Crippen LogP contribution is -2.09. The Labute approximate surface area is 122 Å². The number of hydrogen-bond donors (Lipinski definition) is 0. The zero-order valence-electron chi connectivity index (χ0n) is 11.5. The average Bonchev–Trinajstić information content (AvgIpc) is 2.45. The van der Waals surface area contributed by atoms with Crippen molar-refractivity contribution in [1.29, 1.82) is 0 Å². The van der Waals surface area contributed by atoms with E-state index < -0.39 is 47.4 Å². The molecule has 0 amide bonds. The zero-order chi connectivity index (χ0) is 16.9. The van der Waals surface area contributed by atoms with Gasteiger partial charge in [-0.2, -0.15) is 13.7 Å². The standard InChI is InChI=1S/C13H11F5O4/c1-6(2)21-7(19)4-3-5-20-22-13-11(17)9(15)8(14)10(16)12(13)18/h3-4,6H,5H2,1-2H3. The second kappa shape index (κ2) is 7.74. The number of carbonyl (C=O) groups is 1. The van der Waals surface area contributed by atoms with Gasteiger partial charge in [-0.1, -0.05) is 0 Å². The molecule has 1 rings (SSSR count). The Kier molecular flexibility index (Phi) is 6.29. The largest absolute Gasteiger partial charge is 0.460 e. The van der Waals surface area contributed by atoms with Crippen molar-refractivity contribution < 1.29 is 41.3 Å². The van der Waals surface area contributed by atoms with E-state index in [0.717, 1.165) is 12.2 Å². The minimum Gasteiger partial charge on any atom is -0.460 e. The summed E-state index contributed by atoms with van der Waals surface area (Å²) in [7, 11) is 0. The molecule has 0 N–H and O–H groups in total. The van der Waals surface area contributed by atoms with Crippen molar-refractivity contribution in [1.82, 2.24) is 0 Å². The summed E-state index contributed by atoms with van der Waals surface area (Å²) in [5.74, 6) is -13.2. The number of benzene rings is 1. The molecular formula is C13H11F5O4. The minimum absolute atomic E-state index is 0.345. The van der Waals surface area contributed by atoms with E-state index in [1.54, 1.807) is 13.8 Å². The number of halogens is 5. The third kappa shape index (κ3) is 4.42. The molecule has 0 aliphatic heterocycles. The summed E-state index contributed by atoms with van der Waals surface area (Å²) in [4.78, 5) is 19.4. The molecule has 0 unspecified atom stereocenters. The van der Waals surface area contributed by atoms with Gasteiger partial charge in [0.15, 0.2) is 0 Å². The van der Waals surface area contributed by atoms with E-state index in [4.69, 9.17) is 4.74 Å². The van der Waals surface area contributed by atoms with Gasteiger partial charge >= 0.3 is 5.97 Å². The van der Waals surface area contributed by atoms with E-state index in [1.165, 1.54) is 0 Å². The summed E-state index contributed by atoms with van der Waals surface area (Å²) in [5.41, 5.74) is 0. The van der Waals surface area contributed by atoms with Gasteiger partial charge in [0.05, 0.1) is 6.10 Å². The minimum atomic E-state index is -2.31. The highest BCUT2D eigenvalue weighted by Crippen LogP contribution is 2.29. The smallest absolute Gasteiger partial charge is 0.330 e. The van der Waals surface area contributed by atoms with E-state index in [9.17, 15) is 26.7 Å². The maximum Gasteiger partial charge on any atom is 0.330 e. The first-order valence-corrected chi connectivity index (χ1v) is 5.93. The van der Waals surface area contributed by atoms with Crippen LogP contribution < -0.4 is 4.89 Å². The van der Waals surface area contributed by atoms with Gasteiger partial charge in [0.2, 0.25) is 34.8 Å². The monoisotopic (exact) mass is 326 g/mol. The molecule has 0 fully saturated rings. The topological polar surface area (TPSA) is 44.8 Å². The molecule has 0 aromatic heterocycles. The van der Waals surface area contributed by atoms with Crippen LogP contribution in [-0.4, -0.2) is 18.7 Å². The Balaban J connectivity index is 2.63. The van der Waals surface area contributed by atoms with Gasteiger partial charge in [0.1, 0.15) is 6.61 Å². The van der Waals surface area contributed by atoms with E-state index in [1.807, 2.05) is 0 Å². The Morgan fingerprint density at radius 3 is 2.00 bits per heavy atom. The highest BCUT2D eigenvalue weighted by molar-refractivity contribution is 5.81. The molecule has 0 radical (unpaired) electrons. The van der Waals surface area contributed by atoms with Crippen LogP contribution in [0.4, 0.5) is 22.0 Å². The Bertz CT molecular complexity index is 557. The van der Waals surface area contributed by atoms with Crippen LogP contribution in [0, 0.1) is 29.1 Å². The molecule has 9 heteroatoms. The van der Waals surface area contributed by atoms with Gasteiger partial charge in [0, 0.05) is 6.08 Å². The third-order valence-electron chi connectivity index (χ3n) is 2.08. The van der Waals surface area contributed by atoms with Gasteiger partial charge in [-0.05, 0) is 19.9 Å². The van der Waals surface area contributed by atoms with Crippen LogP contribution in [0.15, 0.2) is 12.2 Å². The van der Waals surface area contributed by atoms with E-state index in [0.29, 0.717) is 0 Å². The second-order valence-corrected chi connectivity index (χ2v) is 4.15. The Morgan fingerprint density at radius 1 is 1.00 bits per heavy atom. The summed E-state index contributed by atoms with van der Waals surface area (Å²) >= 11 is 0. The predicted molar refractivity (Wildman–Crippen MR) is 63.2 cm³/mol. The number of esters is 1. The summed E-state index contributed by atoms with van der Waals surface area (Å²) in [6, 6.07) is 0. The molecule has 4 nitrogen and oxygen atoms in total. The maximum atomic E-state index is 13.2. The lowest BCUT2D eigenvalue weighted by Gasteiger charge is -2.07. The van der Waals surface area contributed by atoms with E-state index in [2.05, 4.69) is 9.78 Å². The summed E-state index contributed by atoms with van der Waals surface area (Å²) in [5, 5.41) is 0. The number of rotatable bonds is 6.